The lowest BCUT2D eigenvalue weighted by Crippen LogP contribution is -2.42. The fourth-order valence-electron chi connectivity index (χ4n) is 3.81. The van der Waals surface area contributed by atoms with E-state index in [0.29, 0.717) is 6.54 Å². The van der Waals surface area contributed by atoms with Crippen LogP contribution in [0.25, 0.3) is 0 Å². The molecule has 0 bridgehead atoms. The lowest BCUT2D eigenvalue weighted by molar-refractivity contribution is 0.113. The summed E-state index contributed by atoms with van der Waals surface area (Å²) in [6, 6.07) is 0. The van der Waals surface area contributed by atoms with Gasteiger partial charge in [-0.2, -0.15) is 0 Å². The summed E-state index contributed by atoms with van der Waals surface area (Å²) in [5.41, 5.74) is 1.31. The fourth-order valence-corrected chi connectivity index (χ4v) is 5.02. The molecule has 1 N–H and O–H groups in total. The molecule has 0 aromatic carbocycles. The zero-order chi connectivity index (χ0) is 20.2. The monoisotopic (exact) mass is 417 g/mol. The standard InChI is InChI=1S/C20H31N7OS/c1-14-24-25-18(27(14)3)12-22-20(21-11-15-7-6-10-28-15)26(2)13-19-23-16-8-4-5-9-17(16)29-19/h15H,4-13H2,1-3H3,(H,21,22). The van der Waals surface area contributed by atoms with Gasteiger partial charge in [0.1, 0.15) is 17.4 Å². The summed E-state index contributed by atoms with van der Waals surface area (Å²) in [6.07, 6.45) is 7.36. The molecule has 1 atom stereocenters. The Hall–Kier alpha value is -2.00. The van der Waals surface area contributed by atoms with Crippen LogP contribution in [-0.2, 0) is 37.7 Å². The minimum absolute atomic E-state index is 0.262. The Morgan fingerprint density at radius 2 is 2.17 bits per heavy atom. The highest BCUT2D eigenvalue weighted by atomic mass is 32.1. The molecule has 0 amide bonds. The lowest BCUT2D eigenvalue weighted by Gasteiger charge is -2.23. The van der Waals surface area contributed by atoms with Crippen LogP contribution in [-0.4, -0.2) is 56.9 Å². The Labute approximate surface area is 176 Å². The van der Waals surface area contributed by atoms with Crippen LogP contribution in [0.15, 0.2) is 4.99 Å². The minimum Gasteiger partial charge on any atom is -0.376 e. The molecule has 2 aromatic rings. The van der Waals surface area contributed by atoms with Gasteiger partial charge in [0.15, 0.2) is 11.8 Å². The SMILES string of the molecule is Cc1nnc(CN=C(NCC2CCCO2)N(C)Cc2nc3c(s2)CCCC3)n1C. The van der Waals surface area contributed by atoms with Crippen molar-refractivity contribution in [2.45, 2.75) is 64.6 Å². The topological polar surface area (TPSA) is 80.5 Å². The Morgan fingerprint density at radius 3 is 2.90 bits per heavy atom. The first-order valence-electron chi connectivity index (χ1n) is 10.5. The first-order valence-corrected chi connectivity index (χ1v) is 11.3. The van der Waals surface area contributed by atoms with Gasteiger partial charge in [-0.05, 0) is 45.4 Å². The van der Waals surface area contributed by atoms with Crippen LogP contribution >= 0.6 is 11.3 Å². The second-order valence-electron chi connectivity index (χ2n) is 7.92. The van der Waals surface area contributed by atoms with Crippen molar-refractivity contribution < 1.29 is 4.74 Å². The van der Waals surface area contributed by atoms with Gasteiger partial charge >= 0.3 is 0 Å². The van der Waals surface area contributed by atoms with Crippen molar-refractivity contribution in [3.8, 4) is 0 Å². The molecule has 0 radical (unpaired) electrons. The summed E-state index contributed by atoms with van der Waals surface area (Å²) in [7, 11) is 4.05. The highest BCUT2D eigenvalue weighted by Gasteiger charge is 2.19. The van der Waals surface area contributed by atoms with Crippen LogP contribution in [0.5, 0.6) is 0 Å². The van der Waals surface area contributed by atoms with Crippen LogP contribution < -0.4 is 5.32 Å². The van der Waals surface area contributed by atoms with Gasteiger partial charge in [0.05, 0.1) is 18.3 Å². The number of guanidine groups is 1. The molecule has 0 spiro atoms. The normalized spacial score (nSPS) is 19.4. The van der Waals surface area contributed by atoms with Gasteiger partial charge in [-0.1, -0.05) is 0 Å². The molecule has 1 aliphatic heterocycles. The summed E-state index contributed by atoms with van der Waals surface area (Å²) in [6.45, 7) is 4.83. The summed E-state index contributed by atoms with van der Waals surface area (Å²) in [5.74, 6) is 2.61. The van der Waals surface area contributed by atoms with Crippen molar-refractivity contribution >= 4 is 17.3 Å². The highest BCUT2D eigenvalue weighted by molar-refractivity contribution is 7.11. The van der Waals surface area contributed by atoms with E-state index in [9.17, 15) is 0 Å². The molecule has 0 saturated carbocycles. The van der Waals surface area contributed by atoms with Crippen LogP contribution in [0, 0.1) is 6.92 Å². The first-order chi connectivity index (χ1) is 14.1. The second-order valence-corrected chi connectivity index (χ2v) is 9.09. The molecule has 2 aromatic heterocycles. The number of aryl methyl sites for hydroxylation is 3. The van der Waals surface area contributed by atoms with Gasteiger partial charge in [0.25, 0.3) is 0 Å². The molecule has 1 unspecified atom stereocenters. The average molecular weight is 418 g/mol. The molecular weight excluding hydrogens is 386 g/mol. The van der Waals surface area contributed by atoms with E-state index in [1.54, 1.807) is 0 Å². The van der Waals surface area contributed by atoms with Crippen LogP contribution in [0.2, 0.25) is 0 Å². The first kappa shape index (κ1) is 20.3. The van der Waals surface area contributed by atoms with Crippen molar-refractivity contribution in [2.24, 2.45) is 12.0 Å². The Morgan fingerprint density at radius 1 is 1.31 bits per heavy atom. The molecule has 8 nitrogen and oxygen atoms in total. The van der Waals surface area contributed by atoms with Crippen LogP contribution in [0.1, 0.15) is 52.9 Å². The van der Waals surface area contributed by atoms with E-state index in [0.717, 1.165) is 56.6 Å². The van der Waals surface area contributed by atoms with E-state index < -0.39 is 0 Å². The third-order valence-corrected chi connectivity index (χ3v) is 6.83. The van der Waals surface area contributed by atoms with E-state index in [2.05, 4.69) is 27.5 Å². The summed E-state index contributed by atoms with van der Waals surface area (Å²) >= 11 is 1.86. The molecule has 158 valence electrons. The number of hydrogen-bond acceptors (Lipinski definition) is 6. The number of aromatic nitrogens is 4. The molecule has 1 fully saturated rings. The zero-order valence-corrected chi connectivity index (χ0v) is 18.5. The Kier molecular flexibility index (Phi) is 6.44. The summed E-state index contributed by atoms with van der Waals surface area (Å²) in [5, 5.41) is 13.0. The number of fused-ring (bicyclic) bond motifs is 1. The van der Waals surface area contributed by atoms with Gasteiger partial charge in [-0.25, -0.2) is 9.98 Å². The van der Waals surface area contributed by atoms with Crippen LogP contribution in [0.3, 0.4) is 0 Å². The molecule has 3 heterocycles. The Bertz CT molecular complexity index is 830. The minimum atomic E-state index is 0.262. The molecule has 2 aliphatic rings. The molecule has 1 aliphatic carbocycles. The molecule has 4 rings (SSSR count). The van der Waals surface area contributed by atoms with Gasteiger partial charge in [-0.15, -0.1) is 21.5 Å². The number of thiazole rings is 1. The molecule has 29 heavy (non-hydrogen) atoms. The predicted octanol–water partition coefficient (Wildman–Crippen LogP) is 2.22. The quantitative estimate of drug-likeness (QED) is 0.573. The molecule has 1 saturated heterocycles. The Balaban J connectivity index is 1.45. The number of aliphatic imine (C=N–C) groups is 1. The number of ether oxygens (including phenoxy) is 1. The smallest absolute Gasteiger partial charge is 0.194 e. The van der Waals surface area contributed by atoms with Crippen molar-refractivity contribution in [3.05, 3.63) is 27.2 Å². The van der Waals surface area contributed by atoms with Crippen molar-refractivity contribution in [1.29, 1.82) is 0 Å². The predicted molar refractivity (Wildman–Crippen MR) is 114 cm³/mol. The lowest BCUT2D eigenvalue weighted by atomic mass is 10.0. The van der Waals surface area contributed by atoms with Gasteiger partial charge < -0.3 is 19.5 Å². The maximum absolute atomic E-state index is 5.77. The van der Waals surface area contributed by atoms with E-state index in [1.807, 2.05) is 29.9 Å². The zero-order valence-electron chi connectivity index (χ0n) is 17.6. The third-order valence-electron chi connectivity index (χ3n) is 5.69. The van der Waals surface area contributed by atoms with Gasteiger partial charge in [0.2, 0.25) is 0 Å². The van der Waals surface area contributed by atoms with E-state index in [-0.39, 0.29) is 6.10 Å². The number of rotatable bonds is 6. The fraction of sp³-hybridized carbons (Fsp3) is 0.700. The number of nitrogens with zero attached hydrogens (tertiary/aromatic N) is 6. The van der Waals surface area contributed by atoms with E-state index in [4.69, 9.17) is 14.7 Å². The summed E-state index contributed by atoms with van der Waals surface area (Å²) < 4.78 is 7.75. The number of hydrogen-bond donors (Lipinski definition) is 1. The second kappa shape index (κ2) is 9.21. The van der Waals surface area contributed by atoms with E-state index >= 15 is 0 Å². The summed E-state index contributed by atoms with van der Waals surface area (Å²) in [4.78, 5) is 13.4. The van der Waals surface area contributed by atoms with Crippen molar-refractivity contribution in [3.63, 3.8) is 0 Å². The van der Waals surface area contributed by atoms with Crippen molar-refractivity contribution in [2.75, 3.05) is 20.2 Å². The van der Waals surface area contributed by atoms with Crippen molar-refractivity contribution in [1.82, 2.24) is 30.0 Å². The molecular formula is C20H31N7OS. The van der Waals surface area contributed by atoms with Crippen LogP contribution in [0.4, 0.5) is 0 Å². The maximum atomic E-state index is 5.77. The highest BCUT2D eigenvalue weighted by Crippen LogP contribution is 2.27. The maximum Gasteiger partial charge on any atom is 0.194 e. The number of nitrogens with one attached hydrogen (secondary N) is 1. The van der Waals surface area contributed by atoms with E-state index in [1.165, 1.54) is 34.8 Å². The molecule has 9 heteroatoms. The average Bonchev–Trinajstić information content (AvgIpc) is 3.44. The third kappa shape index (κ3) is 4.95. The van der Waals surface area contributed by atoms with Gasteiger partial charge in [-0.3, -0.25) is 0 Å². The van der Waals surface area contributed by atoms with Gasteiger partial charge in [0, 0.05) is 32.1 Å². The largest absolute Gasteiger partial charge is 0.376 e.